The minimum absolute atomic E-state index is 0.0943. The lowest BCUT2D eigenvalue weighted by Gasteiger charge is -2.38. The molecule has 0 spiro atoms. The summed E-state index contributed by atoms with van der Waals surface area (Å²) in [5.41, 5.74) is -0.0943. The standard InChI is InChI=1S/C12H15ClFNO4S2/c1-12(5-2-6-12)8-15-21(18,19)11-4-3-9(7-10(11)14)20(13,16)17/h3-4,7,15H,2,5-6,8H2,1H3. The second kappa shape index (κ2) is 5.49. The van der Waals surface area contributed by atoms with Crippen LogP contribution >= 0.6 is 10.7 Å². The Kier molecular flexibility index (Phi) is 4.36. The van der Waals surface area contributed by atoms with Crippen LogP contribution in [0.5, 0.6) is 0 Å². The van der Waals surface area contributed by atoms with Crippen LogP contribution in [0.3, 0.4) is 0 Å². The van der Waals surface area contributed by atoms with Crippen molar-refractivity contribution < 1.29 is 21.2 Å². The summed E-state index contributed by atoms with van der Waals surface area (Å²) in [6.07, 6.45) is 2.89. The van der Waals surface area contributed by atoms with E-state index in [-0.39, 0.29) is 12.0 Å². The van der Waals surface area contributed by atoms with Crippen LogP contribution in [-0.4, -0.2) is 23.4 Å². The van der Waals surface area contributed by atoms with Gasteiger partial charge >= 0.3 is 0 Å². The minimum Gasteiger partial charge on any atom is -0.211 e. The predicted molar refractivity (Wildman–Crippen MR) is 76.6 cm³/mol. The Balaban J connectivity index is 2.24. The van der Waals surface area contributed by atoms with Gasteiger partial charge in [-0.1, -0.05) is 13.3 Å². The average molecular weight is 356 g/mol. The summed E-state index contributed by atoms with van der Waals surface area (Å²) in [6.45, 7) is 2.18. The molecule has 0 unspecified atom stereocenters. The van der Waals surface area contributed by atoms with E-state index in [2.05, 4.69) is 4.72 Å². The van der Waals surface area contributed by atoms with Crippen molar-refractivity contribution in [2.24, 2.45) is 5.41 Å². The van der Waals surface area contributed by atoms with E-state index in [0.717, 1.165) is 31.4 Å². The second-order valence-electron chi connectivity index (χ2n) is 5.52. The van der Waals surface area contributed by atoms with E-state index in [9.17, 15) is 21.2 Å². The van der Waals surface area contributed by atoms with Crippen LogP contribution in [0.15, 0.2) is 28.0 Å². The van der Waals surface area contributed by atoms with Crippen LogP contribution in [0.4, 0.5) is 4.39 Å². The molecular formula is C12H15ClFNO4S2. The average Bonchev–Trinajstić information content (AvgIpc) is 2.32. The summed E-state index contributed by atoms with van der Waals surface area (Å²) in [7, 11) is -3.04. The third-order valence-corrected chi connectivity index (χ3v) is 6.51. The molecule has 1 fully saturated rings. The van der Waals surface area contributed by atoms with Crippen LogP contribution in [0.1, 0.15) is 26.2 Å². The molecule has 0 bridgehead atoms. The third-order valence-electron chi connectivity index (χ3n) is 3.72. The fourth-order valence-electron chi connectivity index (χ4n) is 2.16. The van der Waals surface area contributed by atoms with Gasteiger partial charge in [0.2, 0.25) is 10.0 Å². The molecule has 0 atom stereocenters. The Morgan fingerprint density at radius 2 is 1.90 bits per heavy atom. The fourth-order valence-corrected chi connectivity index (χ4v) is 4.17. The largest absolute Gasteiger partial charge is 0.261 e. The van der Waals surface area contributed by atoms with Crippen LogP contribution in [0.25, 0.3) is 0 Å². The highest BCUT2D eigenvalue weighted by molar-refractivity contribution is 8.13. The van der Waals surface area contributed by atoms with Crippen molar-refractivity contribution in [3.05, 3.63) is 24.0 Å². The summed E-state index contributed by atoms with van der Waals surface area (Å²) in [4.78, 5) is -1.07. The van der Waals surface area contributed by atoms with Gasteiger partial charge < -0.3 is 0 Å². The summed E-state index contributed by atoms with van der Waals surface area (Å²) in [5.74, 6) is -1.15. The van der Waals surface area contributed by atoms with Crippen LogP contribution in [0, 0.1) is 11.2 Å². The molecule has 0 saturated heterocycles. The maximum absolute atomic E-state index is 13.8. The van der Waals surface area contributed by atoms with Gasteiger partial charge in [0.1, 0.15) is 10.7 Å². The molecule has 1 aliphatic rings. The number of hydrogen-bond acceptors (Lipinski definition) is 4. The van der Waals surface area contributed by atoms with E-state index < -0.39 is 34.7 Å². The van der Waals surface area contributed by atoms with Gasteiger partial charge in [-0.25, -0.2) is 25.9 Å². The Hall–Kier alpha value is -0.700. The predicted octanol–water partition coefficient (Wildman–Crippen LogP) is 2.22. The van der Waals surface area contributed by atoms with Gasteiger partial charge in [-0.3, -0.25) is 0 Å². The molecule has 118 valence electrons. The van der Waals surface area contributed by atoms with Crippen LogP contribution in [-0.2, 0) is 19.1 Å². The Morgan fingerprint density at radius 3 is 2.33 bits per heavy atom. The molecule has 1 aliphatic carbocycles. The lowest BCUT2D eigenvalue weighted by atomic mass is 9.71. The molecule has 0 radical (unpaired) electrons. The van der Waals surface area contributed by atoms with E-state index in [0.29, 0.717) is 6.07 Å². The molecule has 1 N–H and O–H groups in total. The van der Waals surface area contributed by atoms with Crippen molar-refractivity contribution in [1.29, 1.82) is 0 Å². The van der Waals surface area contributed by atoms with E-state index in [1.165, 1.54) is 0 Å². The normalized spacial score (nSPS) is 18.2. The highest BCUT2D eigenvalue weighted by Crippen LogP contribution is 2.39. The molecule has 0 aliphatic heterocycles. The van der Waals surface area contributed by atoms with Gasteiger partial charge in [-0.2, -0.15) is 0 Å². The number of benzene rings is 1. The fraction of sp³-hybridized carbons (Fsp3) is 0.500. The first-order valence-electron chi connectivity index (χ1n) is 6.27. The van der Waals surface area contributed by atoms with Gasteiger partial charge in [-0.05, 0) is 36.5 Å². The Bertz CT molecular complexity index is 757. The SMILES string of the molecule is CC1(CNS(=O)(=O)c2ccc(S(=O)(=O)Cl)cc2F)CCC1. The van der Waals surface area contributed by atoms with Crippen molar-refractivity contribution in [3.63, 3.8) is 0 Å². The zero-order valence-electron chi connectivity index (χ0n) is 11.3. The number of sulfonamides is 1. The van der Waals surface area contributed by atoms with Gasteiger partial charge in [0.05, 0.1) is 4.90 Å². The first-order valence-corrected chi connectivity index (χ1v) is 10.1. The first kappa shape index (κ1) is 16.7. The molecular weight excluding hydrogens is 341 g/mol. The maximum Gasteiger partial charge on any atom is 0.261 e. The quantitative estimate of drug-likeness (QED) is 0.821. The van der Waals surface area contributed by atoms with Gasteiger partial charge in [0.15, 0.2) is 0 Å². The van der Waals surface area contributed by atoms with E-state index in [1.807, 2.05) is 6.92 Å². The van der Waals surface area contributed by atoms with Crippen molar-refractivity contribution >= 4 is 29.8 Å². The summed E-state index contributed by atoms with van der Waals surface area (Å²) in [6, 6.07) is 2.46. The number of rotatable bonds is 5. The minimum atomic E-state index is -4.10. The zero-order valence-corrected chi connectivity index (χ0v) is 13.7. The van der Waals surface area contributed by atoms with Crippen LogP contribution < -0.4 is 4.72 Å². The van der Waals surface area contributed by atoms with Gasteiger partial charge in [0.25, 0.3) is 9.05 Å². The number of hydrogen-bond donors (Lipinski definition) is 1. The summed E-state index contributed by atoms with van der Waals surface area (Å²) < 4.78 is 62.5. The summed E-state index contributed by atoms with van der Waals surface area (Å²) >= 11 is 0. The smallest absolute Gasteiger partial charge is 0.211 e. The Morgan fingerprint density at radius 1 is 1.29 bits per heavy atom. The zero-order chi connectivity index (χ0) is 15.9. The highest BCUT2D eigenvalue weighted by atomic mass is 35.7. The third kappa shape index (κ3) is 3.74. The molecule has 1 aromatic rings. The number of halogens is 2. The van der Waals surface area contributed by atoms with E-state index >= 15 is 0 Å². The topological polar surface area (TPSA) is 80.3 Å². The molecule has 5 nitrogen and oxygen atoms in total. The van der Waals surface area contributed by atoms with Crippen molar-refractivity contribution in [2.75, 3.05) is 6.54 Å². The van der Waals surface area contributed by atoms with Crippen molar-refractivity contribution in [3.8, 4) is 0 Å². The van der Waals surface area contributed by atoms with Crippen molar-refractivity contribution in [2.45, 2.75) is 36.0 Å². The maximum atomic E-state index is 13.8. The van der Waals surface area contributed by atoms with Crippen molar-refractivity contribution in [1.82, 2.24) is 4.72 Å². The van der Waals surface area contributed by atoms with Gasteiger partial charge in [0, 0.05) is 17.2 Å². The molecule has 9 heteroatoms. The molecule has 1 saturated carbocycles. The highest BCUT2D eigenvalue weighted by Gasteiger charge is 2.33. The number of nitrogens with one attached hydrogen (secondary N) is 1. The monoisotopic (exact) mass is 355 g/mol. The molecule has 0 heterocycles. The molecule has 1 aromatic carbocycles. The lowest BCUT2D eigenvalue weighted by Crippen LogP contribution is -2.40. The molecule has 21 heavy (non-hydrogen) atoms. The lowest BCUT2D eigenvalue weighted by molar-refractivity contribution is 0.166. The Labute approximate surface area is 128 Å². The summed E-state index contributed by atoms with van der Waals surface area (Å²) in [5, 5.41) is 0. The van der Waals surface area contributed by atoms with Crippen LogP contribution in [0.2, 0.25) is 0 Å². The van der Waals surface area contributed by atoms with Gasteiger partial charge in [-0.15, -0.1) is 0 Å². The first-order chi connectivity index (χ1) is 9.54. The molecule has 0 amide bonds. The second-order valence-corrected chi connectivity index (χ2v) is 9.82. The molecule has 2 rings (SSSR count). The molecule has 0 aromatic heterocycles. The van der Waals surface area contributed by atoms with E-state index in [1.54, 1.807) is 0 Å². The van der Waals surface area contributed by atoms with E-state index in [4.69, 9.17) is 10.7 Å².